The molecule has 3 heterocycles. The zero-order valence-corrected chi connectivity index (χ0v) is 19.4. The summed E-state index contributed by atoms with van der Waals surface area (Å²) < 4.78 is 38.8. The van der Waals surface area contributed by atoms with E-state index in [1.54, 1.807) is 0 Å². The van der Waals surface area contributed by atoms with Gasteiger partial charge in [-0.3, -0.25) is 4.90 Å². The van der Waals surface area contributed by atoms with Crippen LogP contribution in [-0.2, 0) is 25.7 Å². The fraction of sp³-hybridized carbons (Fsp3) is 0.172. The summed E-state index contributed by atoms with van der Waals surface area (Å²) in [7, 11) is 0. The van der Waals surface area contributed by atoms with E-state index in [-0.39, 0.29) is 0 Å². The van der Waals surface area contributed by atoms with Crippen molar-refractivity contribution in [1.82, 2.24) is 19.9 Å². The Morgan fingerprint density at radius 3 is 2.39 bits per heavy atom. The molecule has 3 aromatic carbocycles. The second kappa shape index (κ2) is 8.91. The first-order chi connectivity index (χ1) is 17.5. The Labute approximate surface area is 206 Å². The Balaban J connectivity index is 1.29. The Morgan fingerprint density at radius 2 is 1.61 bits per heavy atom. The molecule has 0 saturated carbocycles. The van der Waals surface area contributed by atoms with Crippen molar-refractivity contribution in [3.63, 3.8) is 0 Å². The van der Waals surface area contributed by atoms with Gasteiger partial charge >= 0.3 is 6.18 Å². The number of aromatic nitrogens is 3. The van der Waals surface area contributed by atoms with Crippen molar-refractivity contribution >= 4 is 10.9 Å². The minimum Gasteiger partial charge on any atom is -0.354 e. The predicted octanol–water partition coefficient (Wildman–Crippen LogP) is 6.87. The molecule has 0 amide bonds. The number of alkyl halides is 3. The van der Waals surface area contributed by atoms with Crippen molar-refractivity contribution in [2.24, 2.45) is 0 Å². The lowest BCUT2D eigenvalue weighted by molar-refractivity contribution is -0.137. The molecule has 5 aromatic rings. The molecule has 0 fully saturated rings. The van der Waals surface area contributed by atoms with Gasteiger partial charge in [-0.05, 0) is 41.3 Å². The number of aromatic amines is 1. The fourth-order valence-corrected chi connectivity index (χ4v) is 4.88. The normalized spacial score (nSPS) is 14.2. The SMILES string of the molecule is FC(F)(F)c1ccc(-c2ncc3c(n2)CN(Cc2c(-c4ccccc4)[nH]c4ccccc24)CC3)cc1. The summed E-state index contributed by atoms with van der Waals surface area (Å²) in [4.78, 5) is 15.2. The maximum Gasteiger partial charge on any atom is 0.416 e. The van der Waals surface area contributed by atoms with Crippen LogP contribution >= 0.6 is 0 Å². The van der Waals surface area contributed by atoms with Gasteiger partial charge in [-0.15, -0.1) is 0 Å². The van der Waals surface area contributed by atoms with Gasteiger partial charge in [0.25, 0.3) is 0 Å². The summed E-state index contributed by atoms with van der Waals surface area (Å²) in [6.07, 6.45) is -1.73. The summed E-state index contributed by atoms with van der Waals surface area (Å²) in [5.74, 6) is 0.446. The second-order valence-corrected chi connectivity index (χ2v) is 9.09. The molecular weight excluding hydrogens is 461 g/mol. The topological polar surface area (TPSA) is 44.8 Å². The number of fused-ring (bicyclic) bond motifs is 2. The van der Waals surface area contributed by atoms with Crippen molar-refractivity contribution in [3.8, 4) is 22.6 Å². The van der Waals surface area contributed by atoms with E-state index >= 15 is 0 Å². The van der Waals surface area contributed by atoms with Crippen molar-refractivity contribution in [2.75, 3.05) is 6.54 Å². The summed E-state index contributed by atoms with van der Waals surface area (Å²) in [5, 5.41) is 1.20. The van der Waals surface area contributed by atoms with Crippen LogP contribution in [0.1, 0.15) is 22.4 Å². The molecular formula is C29H23F3N4. The third-order valence-electron chi connectivity index (χ3n) is 6.75. The van der Waals surface area contributed by atoms with Crippen LogP contribution in [0.2, 0.25) is 0 Å². The smallest absolute Gasteiger partial charge is 0.354 e. The van der Waals surface area contributed by atoms with E-state index in [0.29, 0.717) is 17.9 Å². The lowest BCUT2D eigenvalue weighted by atomic mass is 10.0. The fourth-order valence-electron chi connectivity index (χ4n) is 4.88. The number of nitrogens with one attached hydrogen (secondary N) is 1. The number of benzene rings is 3. The predicted molar refractivity (Wildman–Crippen MR) is 134 cm³/mol. The van der Waals surface area contributed by atoms with Gasteiger partial charge in [-0.1, -0.05) is 60.7 Å². The van der Waals surface area contributed by atoms with Gasteiger partial charge in [0.2, 0.25) is 0 Å². The molecule has 0 bridgehead atoms. The monoisotopic (exact) mass is 484 g/mol. The van der Waals surface area contributed by atoms with Crippen LogP contribution in [0.5, 0.6) is 0 Å². The highest BCUT2D eigenvalue weighted by atomic mass is 19.4. The van der Waals surface area contributed by atoms with E-state index in [9.17, 15) is 13.2 Å². The third-order valence-corrected chi connectivity index (χ3v) is 6.75. The van der Waals surface area contributed by atoms with Crippen LogP contribution in [0.25, 0.3) is 33.5 Å². The van der Waals surface area contributed by atoms with Crippen LogP contribution in [0.15, 0.2) is 85.1 Å². The molecule has 0 atom stereocenters. The molecule has 0 aliphatic carbocycles. The number of para-hydroxylation sites is 1. The van der Waals surface area contributed by atoms with Gasteiger partial charge in [0.15, 0.2) is 5.82 Å². The van der Waals surface area contributed by atoms with E-state index < -0.39 is 11.7 Å². The largest absolute Gasteiger partial charge is 0.416 e. The minimum absolute atomic E-state index is 0.446. The average molecular weight is 485 g/mol. The molecule has 2 aromatic heterocycles. The van der Waals surface area contributed by atoms with Crippen molar-refractivity contribution in [2.45, 2.75) is 25.7 Å². The van der Waals surface area contributed by atoms with Gasteiger partial charge in [0, 0.05) is 42.3 Å². The van der Waals surface area contributed by atoms with Crippen LogP contribution < -0.4 is 0 Å². The quantitative estimate of drug-likeness (QED) is 0.303. The zero-order chi connectivity index (χ0) is 24.7. The van der Waals surface area contributed by atoms with E-state index in [2.05, 4.69) is 45.2 Å². The standard InChI is InChI=1S/C29H23F3N4/c30-29(31,32)22-12-10-20(11-13-22)28-33-16-21-14-15-36(18-26(21)35-28)17-24-23-8-4-5-9-25(23)34-27(24)19-6-2-1-3-7-19/h1-13,16,34H,14-15,17-18H2. The van der Waals surface area contributed by atoms with Gasteiger partial charge in [-0.25, -0.2) is 9.97 Å². The number of rotatable bonds is 4. The number of hydrogen-bond acceptors (Lipinski definition) is 3. The summed E-state index contributed by atoms with van der Waals surface area (Å²) in [6, 6.07) is 23.7. The number of H-pyrrole nitrogens is 1. The van der Waals surface area contributed by atoms with E-state index in [4.69, 9.17) is 4.98 Å². The van der Waals surface area contributed by atoms with Gasteiger partial charge in [0.1, 0.15) is 0 Å². The average Bonchev–Trinajstić information content (AvgIpc) is 3.27. The highest BCUT2D eigenvalue weighted by Gasteiger charge is 2.30. The van der Waals surface area contributed by atoms with E-state index in [1.165, 1.54) is 23.1 Å². The van der Waals surface area contributed by atoms with Crippen molar-refractivity contribution < 1.29 is 13.2 Å². The summed E-state index contributed by atoms with van der Waals surface area (Å²) in [6.45, 7) is 2.29. The molecule has 1 N–H and O–H groups in total. The highest BCUT2D eigenvalue weighted by molar-refractivity contribution is 5.90. The number of nitrogens with zero attached hydrogens (tertiary/aromatic N) is 3. The molecule has 0 radical (unpaired) electrons. The molecule has 4 nitrogen and oxygen atoms in total. The third kappa shape index (κ3) is 4.27. The van der Waals surface area contributed by atoms with Gasteiger partial charge in [-0.2, -0.15) is 13.2 Å². The van der Waals surface area contributed by atoms with Crippen molar-refractivity contribution in [1.29, 1.82) is 0 Å². The summed E-state index contributed by atoms with van der Waals surface area (Å²) in [5.41, 5.74) is 6.53. The van der Waals surface area contributed by atoms with Gasteiger partial charge in [0.05, 0.1) is 17.0 Å². The zero-order valence-electron chi connectivity index (χ0n) is 19.4. The molecule has 0 spiro atoms. The number of halogens is 3. The maximum atomic E-state index is 12.9. The van der Waals surface area contributed by atoms with Gasteiger partial charge < -0.3 is 4.98 Å². The summed E-state index contributed by atoms with van der Waals surface area (Å²) >= 11 is 0. The molecule has 0 unspecified atom stereocenters. The van der Waals surface area contributed by atoms with Crippen LogP contribution in [0.3, 0.4) is 0 Å². The molecule has 0 saturated heterocycles. The Morgan fingerprint density at radius 1 is 0.861 bits per heavy atom. The van der Waals surface area contributed by atoms with E-state index in [1.807, 2.05) is 30.5 Å². The minimum atomic E-state index is -4.36. The molecule has 36 heavy (non-hydrogen) atoms. The first-order valence-corrected chi connectivity index (χ1v) is 11.9. The van der Waals surface area contributed by atoms with Crippen LogP contribution in [0.4, 0.5) is 13.2 Å². The molecule has 180 valence electrons. The number of hydrogen-bond donors (Lipinski definition) is 1. The van der Waals surface area contributed by atoms with Crippen LogP contribution in [-0.4, -0.2) is 26.4 Å². The first-order valence-electron chi connectivity index (χ1n) is 11.9. The lowest BCUT2D eigenvalue weighted by Crippen LogP contribution is -2.31. The molecule has 6 rings (SSSR count). The lowest BCUT2D eigenvalue weighted by Gasteiger charge is -2.28. The Hall–Kier alpha value is -3.97. The van der Waals surface area contributed by atoms with Crippen molar-refractivity contribution in [3.05, 3.63) is 107 Å². The molecule has 1 aliphatic heterocycles. The van der Waals surface area contributed by atoms with E-state index in [0.717, 1.165) is 59.7 Å². The Kier molecular flexibility index (Phi) is 5.57. The highest BCUT2D eigenvalue weighted by Crippen LogP contribution is 2.33. The van der Waals surface area contributed by atoms with Crippen LogP contribution in [0, 0.1) is 0 Å². The second-order valence-electron chi connectivity index (χ2n) is 9.09. The molecule has 7 heteroatoms. The first kappa shape index (κ1) is 22.5. The Bertz CT molecular complexity index is 1520. The molecule has 1 aliphatic rings. The maximum absolute atomic E-state index is 12.9.